The largest absolute Gasteiger partial charge is 0.383 e. The van der Waals surface area contributed by atoms with E-state index in [1.807, 2.05) is 51.9 Å². The second-order valence-corrected chi connectivity index (χ2v) is 14.0. The van der Waals surface area contributed by atoms with E-state index in [9.17, 15) is 4.79 Å². The van der Waals surface area contributed by atoms with Crippen LogP contribution < -0.4 is 10.6 Å². The number of hydrogen-bond acceptors (Lipinski definition) is 5. The van der Waals surface area contributed by atoms with Crippen molar-refractivity contribution in [1.29, 1.82) is 0 Å². The number of pyridine rings is 1. The van der Waals surface area contributed by atoms with Gasteiger partial charge in [-0.2, -0.15) is 0 Å². The predicted octanol–water partition coefficient (Wildman–Crippen LogP) is 9.74. The minimum absolute atomic E-state index is 0. The van der Waals surface area contributed by atoms with Crippen molar-refractivity contribution >= 4 is 17.3 Å². The SMILES string of the molecule is C=C/C(=C\N(C)C)C1=CC2(C=CC=C1)C=C2.C=C=C(NCCN(CCCC)CC1(C)CC1)c1cnc(C)c(NC(=O)C(C)C)c1.CCC.[HH].[HH]. The van der Waals surface area contributed by atoms with Gasteiger partial charge in [0.1, 0.15) is 0 Å². The predicted molar refractivity (Wildman–Crippen MR) is 212 cm³/mol. The molecule has 0 saturated heterocycles. The average molecular weight is 658 g/mol. The first-order valence-corrected chi connectivity index (χ1v) is 17.8. The Morgan fingerprint density at radius 3 is 2.38 bits per heavy atom. The minimum atomic E-state index is -0.0759. The Labute approximate surface area is 295 Å². The van der Waals surface area contributed by atoms with Gasteiger partial charge in [-0.25, -0.2) is 0 Å². The van der Waals surface area contributed by atoms with E-state index in [2.05, 4.69) is 116 Å². The molecule has 0 atom stereocenters. The minimum Gasteiger partial charge on any atom is -0.383 e. The molecule has 266 valence electrons. The Morgan fingerprint density at radius 2 is 1.83 bits per heavy atom. The van der Waals surface area contributed by atoms with Crippen molar-refractivity contribution in [2.24, 2.45) is 16.7 Å². The molecule has 48 heavy (non-hydrogen) atoms. The summed E-state index contributed by atoms with van der Waals surface area (Å²) >= 11 is 0. The van der Waals surface area contributed by atoms with E-state index in [-0.39, 0.29) is 20.1 Å². The van der Waals surface area contributed by atoms with Crippen LogP contribution in [0.4, 0.5) is 5.69 Å². The molecule has 1 amide bonds. The van der Waals surface area contributed by atoms with Gasteiger partial charge in [-0.05, 0) is 55.4 Å². The lowest BCUT2D eigenvalue weighted by Gasteiger charge is -2.26. The molecule has 3 aliphatic carbocycles. The Hall–Kier alpha value is -3.86. The summed E-state index contributed by atoms with van der Waals surface area (Å²) in [5.74, 6) is -0.0858. The molecule has 1 aromatic rings. The van der Waals surface area contributed by atoms with Crippen molar-refractivity contribution < 1.29 is 7.65 Å². The summed E-state index contributed by atoms with van der Waals surface area (Å²) in [6.07, 6.45) is 27.4. The highest BCUT2D eigenvalue weighted by molar-refractivity contribution is 5.93. The van der Waals surface area contributed by atoms with E-state index < -0.39 is 0 Å². The van der Waals surface area contributed by atoms with Crippen LogP contribution in [0.2, 0.25) is 0 Å². The molecule has 6 nitrogen and oxygen atoms in total. The fourth-order valence-corrected chi connectivity index (χ4v) is 5.00. The van der Waals surface area contributed by atoms with Gasteiger partial charge >= 0.3 is 0 Å². The molecule has 1 fully saturated rings. The number of nitrogens with one attached hydrogen (secondary N) is 2. The maximum atomic E-state index is 12.1. The second kappa shape index (κ2) is 19.8. The molecule has 3 aliphatic rings. The van der Waals surface area contributed by atoms with Crippen LogP contribution in [0.1, 0.15) is 87.8 Å². The Kier molecular flexibility index (Phi) is 16.7. The first-order valence-electron chi connectivity index (χ1n) is 17.8. The number of nitrogens with zero attached hydrogens (tertiary/aromatic N) is 3. The number of hydrogen-bond donors (Lipinski definition) is 2. The van der Waals surface area contributed by atoms with Crippen molar-refractivity contribution in [2.45, 2.75) is 80.6 Å². The first kappa shape index (κ1) is 40.3. The molecule has 0 bridgehead atoms. The monoisotopic (exact) mass is 658 g/mol. The van der Waals surface area contributed by atoms with Gasteiger partial charge < -0.3 is 20.4 Å². The zero-order valence-corrected chi connectivity index (χ0v) is 31.5. The van der Waals surface area contributed by atoms with Crippen molar-refractivity contribution in [2.75, 3.05) is 45.6 Å². The van der Waals surface area contributed by atoms with Crippen LogP contribution in [0.15, 0.2) is 97.1 Å². The third-order valence-corrected chi connectivity index (χ3v) is 8.28. The standard InChI is InChI=1S/C24H38N4O.C15H17N.C3H8.2H2/c1-7-9-13-28(17-24(6)10-11-24)14-12-25-21(8-2)20-15-22(19(5)26-16-20)27-23(29)18(3)4;1-4-13(12-16(2)3)14-7-5-6-8-15(11-14)9-10-15;1-3-2;;/h15-16,18,25H,2,7,9-14,17H2,1,3-6H3,(H,27,29);4-12H,1H2,2-3H3;3H2,1-2H3;2*1H/b;13-12+;;;. The molecule has 0 aliphatic heterocycles. The van der Waals surface area contributed by atoms with Gasteiger partial charge in [-0.1, -0.05) is 116 Å². The lowest BCUT2D eigenvalue weighted by molar-refractivity contribution is -0.118. The maximum absolute atomic E-state index is 12.1. The maximum Gasteiger partial charge on any atom is 0.226 e. The van der Waals surface area contributed by atoms with Gasteiger partial charge in [0.15, 0.2) is 0 Å². The fraction of sp³-hybridized carbons (Fsp3) is 0.500. The van der Waals surface area contributed by atoms with Crippen molar-refractivity contribution in [1.82, 2.24) is 20.1 Å². The van der Waals surface area contributed by atoms with Crippen LogP contribution in [0, 0.1) is 23.7 Å². The number of amides is 1. The summed E-state index contributed by atoms with van der Waals surface area (Å²) < 4.78 is 0. The summed E-state index contributed by atoms with van der Waals surface area (Å²) in [5.41, 5.74) is 9.24. The summed E-state index contributed by atoms with van der Waals surface area (Å²) in [4.78, 5) is 21.1. The summed E-state index contributed by atoms with van der Waals surface area (Å²) in [7, 11) is 4.04. The topological polar surface area (TPSA) is 60.5 Å². The molecule has 4 rings (SSSR count). The second-order valence-electron chi connectivity index (χ2n) is 14.0. The quantitative estimate of drug-likeness (QED) is 0.112. The number of anilines is 1. The van der Waals surface area contributed by atoms with Crippen LogP contribution in [-0.4, -0.2) is 61.0 Å². The van der Waals surface area contributed by atoms with E-state index >= 15 is 0 Å². The third kappa shape index (κ3) is 14.1. The van der Waals surface area contributed by atoms with Crippen LogP contribution in [-0.2, 0) is 4.79 Å². The van der Waals surface area contributed by atoms with Crippen molar-refractivity contribution in [3.05, 3.63) is 108 Å². The molecule has 1 heterocycles. The van der Waals surface area contributed by atoms with E-state index in [4.69, 9.17) is 0 Å². The average Bonchev–Trinajstić information content (AvgIpc) is 3.98. The van der Waals surface area contributed by atoms with Gasteiger partial charge in [0.25, 0.3) is 0 Å². The molecule has 1 saturated carbocycles. The van der Waals surface area contributed by atoms with Crippen molar-refractivity contribution in [3.63, 3.8) is 0 Å². The molecular weight excluding hydrogens is 590 g/mol. The van der Waals surface area contributed by atoms with Gasteiger partial charge in [0.2, 0.25) is 5.91 Å². The highest BCUT2D eigenvalue weighted by Gasteiger charge is 2.38. The number of carbonyl (C=O) groups excluding carboxylic acids is 1. The number of allylic oxidation sites excluding steroid dienone is 10. The smallest absolute Gasteiger partial charge is 0.226 e. The highest BCUT2D eigenvalue weighted by atomic mass is 16.1. The van der Waals surface area contributed by atoms with E-state index in [1.165, 1.54) is 44.2 Å². The van der Waals surface area contributed by atoms with Gasteiger partial charge in [-0.15, -0.1) is 5.73 Å². The molecule has 2 N–H and O–H groups in total. The first-order chi connectivity index (χ1) is 22.8. The zero-order chi connectivity index (χ0) is 35.7. The Bertz CT molecular complexity index is 1420. The normalized spacial score (nSPS) is 16.1. The molecule has 6 heteroatoms. The van der Waals surface area contributed by atoms with Crippen LogP contribution in [0.3, 0.4) is 0 Å². The molecule has 0 radical (unpaired) electrons. The Balaban J connectivity index is 0.000000966. The van der Waals surface area contributed by atoms with Crippen LogP contribution in [0.5, 0.6) is 0 Å². The number of rotatable bonds is 15. The molecule has 1 spiro atoms. The lowest BCUT2D eigenvalue weighted by atomic mass is 9.97. The van der Waals surface area contributed by atoms with Crippen molar-refractivity contribution in [3.8, 4) is 0 Å². The lowest BCUT2D eigenvalue weighted by Crippen LogP contribution is -2.36. The molecule has 0 unspecified atom stereocenters. The molecule has 1 aromatic heterocycles. The van der Waals surface area contributed by atoms with E-state index in [0.29, 0.717) is 5.41 Å². The molecule has 0 aromatic carbocycles. The number of carbonyl (C=O) groups is 1. The number of aromatic nitrogens is 1. The zero-order valence-electron chi connectivity index (χ0n) is 31.5. The van der Waals surface area contributed by atoms with E-state index in [1.54, 1.807) is 6.20 Å². The Morgan fingerprint density at radius 1 is 1.15 bits per heavy atom. The summed E-state index contributed by atoms with van der Waals surface area (Å²) in [6, 6.07) is 1.95. The highest BCUT2D eigenvalue weighted by Crippen LogP contribution is 2.45. The van der Waals surface area contributed by atoms with E-state index in [0.717, 1.165) is 47.8 Å². The van der Waals surface area contributed by atoms with Gasteiger partial charge in [0.05, 0.1) is 17.1 Å². The van der Waals surface area contributed by atoms with Gasteiger partial charge in [0, 0.05) is 65.9 Å². The molecular formula is C42H67N5O. The number of unbranched alkanes of at least 4 members (excludes halogenated alkanes) is 1. The van der Waals surface area contributed by atoms with Gasteiger partial charge in [-0.3, -0.25) is 9.78 Å². The third-order valence-electron chi connectivity index (χ3n) is 8.28. The van der Waals surface area contributed by atoms with Crippen LogP contribution in [0.25, 0.3) is 5.70 Å². The summed E-state index contributed by atoms with van der Waals surface area (Å²) in [5, 5.41) is 6.43. The summed E-state index contributed by atoms with van der Waals surface area (Å²) in [6.45, 7) is 26.4. The van der Waals surface area contributed by atoms with Crippen LogP contribution >= 0.6 is 0 Å². The fourth-order valence-electron chi connectivity index (χ4n) is 5.00. The number of aryl methyl sites for hydroxylation is 1.